The summed E-state index contributed by atoms with van der Waals surface area (Å²) in [6.45, 7) is 8.42. The Balaban J connectivity index is 1.49. The molecule has 29 heavy (non-hydrogen) atoms. The number of nitrogens with zero attached hydrogens (tertiary/aromatic N) is 4. The smallest absolute Gasteiger partial charge is 0.213 e. The average Bonchev–Trinajstić information content (AvgIpc) is 2.75. The number of benzene rings is 1. The van der Waals surface area contributed by atoms with E-state index in [1.165, 1.54) is 5.69 Å². The summed E-state index contributed by atoms with van der Waals surface area (Å²) < 4.78 is 10.8. The van der Waals surface area contributed by atoms with Gasteiger partial charge in [-0.15, -0.1) is 0 Å². The summed E-state index contributed by atoms with van der Waals surface area (Å²) in [5.41, 5.74) is 2.32. The molecule has 0 amide bonds. The number of pyridine rings is 1. The molecule has 1 aliphatic heterocycles. The normalized spacial score (nSPS) is 14.9. The van der Waals surface area contributed by atoms with Crippen molar-refractivity contribution in [3.05, 3.63) is 48.2 Å². The molecule has 0 aliphatic carbocycles. The van der Waals surface area contributed by atoms with Crippen molar-refractivity contribution in [2.75, 3.05) is 45.2 Å². The molecular weight excluding hydrogens is 366 g/mol. The van der Waals surface area contributed by atoms with Crippen molar-refractivity contribution >= 4 is 11.6 Å². The Morgan fingerprint density at radius 1 is 1.10 bits per heavy atom. The Bertz CT molecular complexity index is 782. The van der Waals surface area contributed by atoms with E-state index in [0.29, 0.717) is 12.4 Å². The van der Waals surface area contributed by atoms with Gasteiger partial charge in [-0.3, -0.25) is 4.99 Å². The first-order valence-corrected chi connectivity index (χ1v) is 10.0. The van der Waals surface area contributed by atoms with Crippen molar-refractivity contribution in [3.63, 3.8) is 0 Å². The van der Waals surface area contributed by atoms with Crippen LogP contribution in [0.4, 0.5) is 5.69 Å². The molecule has 0 unspecified atom stereocenters. The molecule has 1 N–H and O–H groups in total. The molecule has 7 nitrogen and oxygen atoms in total. The molecule has 0 radical (unpaired) electrons. The standard InChI is InChI=1S/C22H31N5O2/c1-17(2)29-21-10-5-18(15-24-21)16-25-22(23-3)27-13-11-26(12-14-27)19-6-8-20(28-4)9-7-19/h5-10,15,17H,11-14,16H2,1-4H3,(H,23,25). The van der Waals surface area contributed by atoms with Crippen LogP contribution in [0.15, 0.2) is 47.6 Å². The number of nitrogens with one attached hydrogen (secondary N) is 1. The van der Waals surface area contributed by atoms with Crippen LogP contribution in [0.3, 0.4) is 0 Å². The van der Waals surface area contributed by atoms with Crippen LogP contribution in [0.25, 0.3) is 0 Å². The fraction of sp³-hybridized carbons (Fsp3) is 0.455. The van der Waals surface area contributed by atoms with Crippen molar-refractivity contribution in [3.8, 4) is 11.6 Å². The van der Waals surface area contributed by atoms with Gasteiger partial charge in [-0.05, 0) is 43.7 Å². The van der Waals surface area contributed by atoms with Crippen LogP contribution in [0.1, 0.15) is 19.4 Å². The highest BCUT2D eigenvalue weighted by atomic mass is 16.5. The van der Waals surface area contributed by atoms with Crippen LogP contribution in [0.2, 0.25) is 0 Å². The largest absolute Gasteiger partial charge is 0.497 e. The molecule has 0 bridgehead atoms. The Hall–Kier alpha value is -2.96. The molecular formula is C22H31N5O2. The number of methoxy groups -OCH3 is 1. The summed E-state index contributed by atoms with van der Waals surface area (Å²) in [5.74, 6) is 2.46. The highest BCUT2D eigenvalue weighted by Crippen LogP contribution is 2.20. The summed E-state index contributed by atoms with van der Waals surface area (Å²) in [5, 5.41) is 3.45. The van der Waals surface area contributed by atoms with Crippen LogP contribution in [-0.4, -0.2) is 62.3 Å². The van der Waals surface area contributed by atoms with Gasteiger partial charge in [0.15, 0.2) is 5.96 Å². The molecule has 0 saturated carbocycles. The van der Waals surface area contributed by atoms with E-state index in [-0.39, 0.29) is 6.10 Å². The quantitative estimate of drug-likeness (QED) is 0.597. The number of rotatable bonds is 6. The summed E-state index contributed by atoms with van der Waals surface area (Å²) in [6.07, 6.45) is 1.97. The van der Waals surface area contributed by atoms with Crippen LogP contribution in [0, 0.1) is 0 Å². The first-order chi connectivity index (χ1) is 14.1. The van der Waals surface area contributed by atoms with Crippen LogP contribution < -0.4 is 19.7 Å². The van der Waals surface area contributed by atoms with Crippen molar-refractivity contribution < 1.29 is 9.47 Å². The van der Waals surface area contributed by atoms with E-state index in [0.717, 1.165) is 43.5 Å². The molecule has 7 heteroatoms. The summed E-state index contributed by atoms with van der Waals surface area (Å²) >= 11 is 0. The van der Waals surface area contributed by atoms with Gasteiger partial charge in [0.1, 0.15) is 5.75 Å². The van der Waals surface area contributed by atoms with E-state index in [9.17, 15) is 0 Å². The fourth-order valence-electron chi connectivity index (χ4n) is 3.31. The molecule has 0 atom stereocenters. The molecule has 1 saturated heterocycles. The minimum absolute atomic E-state index is 0.127. The first kappa shape index (κ1) is 20.8. The third kappa shape index (κ3) is 5.76. The zero-order valence-corrected chi connectivity index (χ0v) is 17.8. The molecule has 0 spiro atoms. The van der Waals surface area contributed by atoms with Gasteiger partial charge < -0.3 is 24.6 Å². The number of ether oxygens (including phenoxy) is 2. The summed E-state index contributed by atoms with van der Waals surface area (Å²) in [4.78, 5) is 13.5. The lowest BCUT2D eigenvalue weighted by Gasteiger charge is -2.37. The van der Waals surface area contributed by atoms with Gasteiger partial charge in [-0.1, -0.05) is 6.07 Å². The number of hydrogen-bond acceptors (Lipinski definition) is 5. The van der Waals surface area contributed by atoms with Gasteiger partial charge in [-0.2, -0.15) is 0 Å². The van der Waals surface area contributed by atoms with Gasteiger partial charge in [0.2, 0.25) is 5.88 Å². The van der Waals surface area contributed by atoms with Crippen molar-refractivity contribution in [2.45, 2.75) is 26.5 Å². The number of aliphatic imine (C=N–C) groups is 1. The van der Waals surface area contributed by atoms with E-state index in [4.69, 9.17) is 9.47 Å². The maximum atomic E-state index is 5.60. The number of aromatic nitrogens is 1. The van der Waals surface area contributed by atoms with E-state index in [2.05, 4.69) is 37.2 Å². The van der Waals surface area contributed by atoms with E-state index >= 15 is 0 Å². The molecule has 3 rings (SSSR count). The highest BCUT2D eigenvalue weighted by molar-refractivity contribution is 5.80. The first-order valence-electron chi connectivity index (χ1n) is 10.0. The third-order valence-electron chi connectivity index (χ3n) is 4.83. The highest BCUT2D eigenvalue weighted by Gasteiger charge is 2.19. The summed E-state index contributed by atoms with van der Waals surface area (Å²) in [6, 6.07) is 12.2. The van der Waals surface area contributed by atoms with Crippen LogP contribution >= 0.6 is 0 Å². The lowest BCUT2D eigenvalue weighted by atomic mass is 10.2. The van der Waals surface area contributed by atoms with Gasteiger partial charge in [0.05, 0.1) is 13.2 Å². The molecule has 1 fully saturated rings. The SMILES string of the molecule is CN=C(NCc1ccc(OC(C)C)nc1)N1CCN(c2ccc(OC)cc2)CC1. The number of hydrogen-bond donors (Lipinski definition) is 1. The van der Waals surface area contributed by atoms with E-state index in [1.54, 1.807) is 7.11 Å². The monoisotopic (exact) mass is 397 g/mol. The van der Waals surface area contributed by atoms with Crippen LogP contribution in [0.5, 0.6) is 11.6 Å². The van der Waals surface area contributed by atoms with Crippen molar-refractivity contribution in [1.82, 2.24) is 15.2 Å². The molecule has 1 aromatic carbocycles. The third-order valence-corrected chi connectivity index (χ3v) is 4.83. The lowest BCUT2D eigenvalue weighted by molar-refractivity contribution is 0.232. The van der Waals surface area contributed by atoms with Crippen molar-refractivity contribution in [1.29, 1.82) is 0 Å². The predicted octanol–water partition coefficient (Wildman–Crippen LogP) is 2.78. The minimum Gasteiger partial charge on any atom is -0.497 e. The molecule has 2 aromatic rings. The molecule has 156 valence electrons. The minimum atomic E-state index is 0.127. The number of guanidine groups is 1. The zero-order chi connectivity index (χ0) is 20.6. The average molecular weight is 398 g/mol. The fourth-order valence-corrected chi connectivity index (χ4v) is 3.31. The molecule has 1 aliphatic rings. The lowest BCUT2D eigenvalue weighted by Crippen LogP contribution is -2.52. The Kier molecular flexibility index (Phi) is 7.16. The van der Waals surface area contributed by atoms with Crippen LogP contribution in [-0.2, 0) is 6.54 Å². The maximum Gasteiger partial charge on any atom is 0.213 e. The second-order valence-electron chi connectivity index (χ2n) is 7.24. The Morgan fingerprint density at radius 3 is 2.38 bits per heavy atom. The van der Waals surface area contributed by atoms with Gasteiger partial charge >= 0.3 is 0 Å². The number of piperazine rings is 1. The predicted molar refractivity (Wildman–Crippen MR) is 117 cm³/mol. The second kappa shape index (κ2) is 10.0. The topological polar surface area (TPSA) is 62.2 Å². The van der Waals surface area contributed by atoms with Gasteiger partial charge in [0, 0.05) is 57.7 Å². The summed E-state index contributed by atoms with van der Waals surface area (Å²) in [7, 11) is 3.52. The Labute approximate surface area is 173 Å². The number of anilines is 1. The second-order valence-corrected chi connectivity index (χ2v) is 7.24. The van der Waals surface area contributed by atoms with E-state index < -0.39 is 0 Å². The van der Waals surface area contributed by atoms with Gasteiger partial charge in [-0.25, -0.2) is 4.98 Å². The van der Waals surface area contributed by atoms with E-state index in [1.807, 2.05) is 51.4 Å². The molecule has 2 heterocycles. The molecule has 1 aromatic heterocycles. The Morgan fingerprint density at radius 2 is 1.83 bits per heavy atom. The maximum absolute atomic E-state index is 5.60. The van der Waals surface area contributed by atoms with Gasteiger partial charge in [0.25, 0.3) is 0 Å². The zero-order valence-electron chi connectivity index (χ0n) is 17.8. The van der Waals surface area contributed by atoms with Crippen molar-refractivity contribution in [2.24, 2.45) is 4.99 Å².